The number of benzene rings is 3. The van der Waals surface area contributed by atoms with Crippen molar-refractivity contribution in [2.24, 2.45) is 11.7 Å². The fraction of sp³-hybridized carbons (Fsp3) is 0.355. The number of methoxy groups -OCH3 is 1. The van der Waals surface area contributed by atoms with Crippen LogP contribution in [0.15, 0.2) is 72.8 Å². The predicted molar refractivity (Wildman–Crippen MR) is 154 cm³/mol. The first-order valence-electron chi connectivity index (χ1n) is 13.7. The highest BCUT2D eigenvalue weighted by molar-refractivity contribution is 5.94. The number of aliphatic hydroxyl groups excluding tert-OH is 1. The van der Waals surface area contributed by atoms with E-state index in [4.69, 9.17) is 10.5 Å². The molecule has 1 aliphatic rings. The maximum Gasteiger partial charge on any atom is 0.333 e. The maximum atomic E-state index is 14.5. The molecule has 0 saturated carbocycles. The molecule has 1 saturated heterocycles. The highest BCUT2D eigenvalue weighted by Crippen LogP contribution is 2.37. The van der Waals surface area contributed by atoms with Crippen LogP contribution >= 0.6 is 0 Å². The Morgan fingerprint density at radius 2 is 1.88 bits per heavy atom. The molecule has 0 radical (unpaired) electrons. The van der Waals surface area contributed by atoms with E-state index in [1.807, 2.05) is 31.2 Å². The van der Waals surface area contributed by atoms with Gasteiger partial charge in [-0.1, -0.05) is 43.3 Å². The summed E-state index contributed by atoms with van der Waals surface area (Å²) in [6.07, 6.45) is 1.01. The summed E-state index contributed by atoms with van der Waals surface area (Å²) in [5.41, 5.74) is 13.3. The molecule has 0 aromatic heterocycles. The number of amides is 3. The van der Waals surface area contributed by atoms with Crippen molar-refractivity contribution < 1.29 is 23.8 Å². The molecular formula is C31H38FN5O4. The lowest BCUT2D eigenvalue weighted by atomic mass is 9.87. The molecule has 10 heteroatoms. The number of carbonyl (C=O) groups excluding carboxylic acids is 2. The Morgan fingerprint density at radius 1 is 1.12 bits per heavy atom. The van der Waals surface area contributed by atoms with Gasteiger partial charge >= 0.3 is 6.03 Å². The van der Waals surface area contributed by atoms with Crippen LogP contribution < -0.4 is 21.3 Å². The number of carbonyl (C=O) groups is 2. The Morgan fingerprint density at radius 3 is 2.56 bits per heavy atom. The monoisotopic (exact) mass is 563 g/mol. The Hall–Kier alpha value is -3.99. The van der Waals surface area contributed by atoms with Crippen molar-refractivity contribution in [3.63, 3.8) is 0 Å². The smallest absolute Gasteiger partial charge is 0.333 e. The van der Waals surface area contributed by atoms with Gasteiger partial charge in [0, 0.05) is 25.2 Å². The molecule has 1 fully saturated rings. The molecule has 41 heavy (non-hydrogen) atoms. The second-order valence-electron chi connectivity index (χ2n) is 10.4. The fourth-order valence-electron chi connectivity index (χ4n) is 5.32. The number of urea groups is 1. The fourth-order valence-corrected chi connectivity index (χ4v) is 5.32. The van der Waals surface area contributed by atoms with Gasteiger partial charge in [0.2, 0.25) is 0 Å². The van der Waals surface area contributed by atoms with Crippen LogP contribution in [-0.2, 0) is 18.8 Å². The minimum atomic E-state index is -1.09. The summed E-state index contributed by atoms with van der Waals surface area (Å²) in [6.45, 7) is 3.44. The van der Waals surface area contributed by atoms with E-state index < -0.39 is 11.5 Å². The molecule has 218 valence electrons. The van der Waals surface area contributed by atoms with E-state index in [9.17, 15) is 19.1 Å². The molecule has 0 aliphatic carbocycles. The molecule has 0 bridgehead atoms. The average Bonchev–Trinajstić information content (AvgIpc) is 3.30. The van der Waals surface area contributed by atoms with Crippen molar-refractivity contribution in [3.05, 3.63) is 101 Å². The van der Waals surface area contributed by atoms with E-state index in [1.54, 1.807) is 53.3 Å². The van der Waals surface area contributed by atoms with E-state index in [-0.39, 0.29) is 31.0 Å². The third kappa shape index (κ3) is 7.02. The minimum Gasteiger partial charge on any atom is -0.497 e. The molecule has 1 aliphatic heterocycles. The lowest BCUT2D eigenvalue weighted by Crippen LogP contribution is -2.51. The van der Waals surface area contributed by atoms with Crippen molar-refractivity contribution in [1.82, 2.24) is 20.7 Å². The van der Waals surface area contributed by atoms with Crippen LogP contribution in [0.3, 0.4) is 0 Å². The quantitative estimate of drug-likeness (QED) is 0.252. The highest BCUT2D eigenvalue weighted by atomic mass is 19.1. The third-order valence-corrected chi connectivity index (χ3v) is 7.34. The number of hydrogen-bond donors (Lipinski definition) is 4. The Balaban J connectivity index is 1.63. The third-order valence-electron chi connectivity index (χ3n) is 7.34. The van der Waals surface area contributed by atoms with Crippen molar-refractivity contribution in [1.29, 1.82) is 0 Å². The van der Waals surface area contributed by atoms with E-state index in [0.717, 1.165) is 11.1 Å². The molecule has 2 unspecified atom stereocenters. The molecule has 3 aromatic carbocycles. The number of hydrogen-bond acceptors (Lipinski definition) is 6. The molecule has 5 N–H and O–H groups in total. The van der Waals surface area contributed by atoms with Gasteiger partial charge < -0.3 is 20.5 Å². The van der Waals surface area contributed by atoms with Crippen molar-refractivity contribution >= 4 is 11.9 Å². The highest BCUT2D eigenvalue weighted by Gasteiger charge is 2.48. The van der Waals surface area contributed by atoms with E-state index in [2.05, 4.69) is 10.9 Å². The SMILES string of the molecule is COc1cccc(CN2C(=O)NNC2(CC(C)CN(CCCN)C(=O)c2ccc(CO)cc2)c2cccc(F)c2)c1. The molecule has 3 aromatic rings. The van der Waals surface area contributed by atoms with Crippen LogP contribution in [0.2, 0.25) is 0 Å². The predicted octanol–water partition coefficient (Wildman–Crippen LogP) is 3.73. The summed E-state index contributed by atoms with van der Waals surface area (Å²) in [6, 6.07) is 20.2. The lowest BCUT2D eigenvalue weighted by Gasteiger charge is -2.40. The number of halogens is 1. The van der Waals surface area contributed by atoms with Gasteiger partial charge in [-0.3, -0.25) is 15.1 Å². The molecule has 3 amide bonds. The second kappa shape index (κ2) is 13.6. The molecular weight excluding hydrogens is 525 g/mol. The summed E-state index contributed by atoms with van der Waals surface area (Å²) in [5, 5.41) is 9.36. The topological polar surface area (TPSA) is 120 Å². The van der Waals surface area contributed by atoms with E-state index in [1.165, 1.54) is 12.1 Å². The first-order valence-corrected chi connectivity index (χ1v) is 13.7. The summed E-state index contributed by atoms with van der Waals surface area (Å²) in [4.78, 5) is 30.2. The largest absolute Gasteiger partial charge is 0.497 e. The normalized spacial score (nSPS) is 17.3. The van der Waals surface area contributed by atoms with Gasteiger partial charge in [0.05, 0.1) is 13.7 Å². The second-order valence-corrected chi connectivity index (χ2v) is 10.4. The summed E-state index contributed by atoms with van der Waals surface area (Å²) in [5.74, 6) is -0.00918. The summed E-state index contributed by atoms with van der Waals surface area (Å²) >= 11 is 0. The Bertz CT molecular complexity index is 1340. The van der Waals surface area contributed by atoms with Crippen LogP contribution in [0, 0.1) is 11.7 Å². The number of ether oxygens (including phenoxy) is 1. The Labute approximate surface area is 240 Å². The van der Waals surface area contributed by atoms with Gasteiger partial charge in [0.1, 0.15) is 17.2 Å². The van der Waals surface area contributed by atoms with Crippen molar-refractivity contribution in [3.8, 4) is 5.75 Å². The number of nitrogens with one attached hydrogen (secondary N) is 2. The van der Waals surface area contributed by atoms with Crippen LogP contribution in [0.4, 0.5) is 9.18 Å². The molecule has 1 heterocycles. The van der Waals surface area contributed by atoms with Crippen molar-refractivity contribution in [2.75, 3.05) is 26.7 Å². The van der Waals surface area contributed by atoms with E-state index in [0.29, 0.717) is 49.4 Å². The number of hydrazine groups is 1. The lowest BCUT2D eigenvalue weighted by molar-refractivity contribution is 0.0644. The standard InChI is InChI=1S/C31H38FN5O4/c1-22(19-36(15-5-14-33)29(39)25-12-10-23(21-38)11-13-25)18-31(26-7-4-8-27(32)17-26)35-34-30(40)37(31)20-24-6-3-9-28(16-24)41-2/h3-4,6-13,16-17,22,35,38H,5,14-15,18-21,33H2,1-2H3,(H,34,40). The number of nitrogens with zero attached hydrogens (tertiary/aromatic N) is 2. The first-order chi connectivity index (χ1) is 19.8. The van der Waals surface area contributed by atoms with Crippen LogP contribution in [0.25, 0.3) is 0 Å². The zero-order valence-electron chi connectivity index (χ0n) is 23.5. The number of aliphatic hydroxyl groups is 1. The zero-order valence-corrected chi connectivity index (χ0v) is 23.5. The maximum absolute atomic E-state index is 14.5. The molecule has 2 atom stereocenters. The van der Waals surface area contributed by atoms with Crippen LogP contribution in [0.5, 0.6) is 5.75 Å². The Kier molecular flexibility index (Phi) is 9.93. The first kappa shape index (κ1) is 30.0. The van der Waals surface area contributed by atoms with Crippen molar-refractivity contribution in [2.45, 2.75) is 38.6 Å². The van der Waals surface area contributed by atoms with Gasteiger partial charge in [-0.15, -0.1) is 0 Å². The molecule has 4 rings (SSSR count). The average molecular weight is 564 g/mol. The number of rotatable bonds is 13. The molecule has 0 spiro atoms. The van der Waals surface area contributed by atoms with Gasteiger partial charge in [-0.25, -0.2) is 14.6 Å². The van der Waals surface area contributed by atoms with Gasteiger partial charge in [0.15, 0.2) is 0 Å². The van der Waals surface area contributed by atoms with E-state index >= 15 is 0 Å². The molecule has 9 nitrogen and oxygen atoms in total. The summed E-state index contributed by atoms with van der Waals surface area (Å²) in [7, 11) is 1.58. The van der Waals surface area contributed by atoms with Gasteiger partial charge in [-0.2, -0.15) is 0 Å². The van der Waals surface area contributed by atoms with Crippen LogP contribution in [-0.4, -0.2) is 53.6 Å². The van der Waals surface area contributed by atoms with Gasteiger partial charge in [-0.05, 0) is 78.4 Å². The van der Waals surface area contributed by atoms with Gasteiger partial charge in [0.25, 0.3) is 5.91 Å². The summed E-state index contributed by atoms with van der Waals surface area (Å²) < 4.78 is 19.9. The zero-order chi connectivity index (χ0) is 29.4. The van der Waals surface area contributed by atoms with Crippen LogP contribution in [0.1, 0.15) is 46.8 Å². The minimum absolute atomic E-state index is 0.101. The number of nitrogens with two attached hydrogens (primary N) is 1.